The first kappa shape index (κ1) is 10.4. The van der Waals surface area contributed by atoms with E-state index in [4.69, 9.17) is 5.73 Å². The summed E-state index contributed by atoms with van der Waals surface area (Å²) in [5.41, 5.74) is 5.82. The zero-order valence-corrected chi connectivity index (χ0v) is 9.55. The van der Waals surface area contributed by atoms with Gasteiger partial charge in [0, 0.05) is 18.6 Å². The maximum atomic E-state index is 11.7. The van der Waals surface area contributed by atoms with Crippen molar-refractivity contribution < 1.29 is 8.42 Å². The fourth-order valence-corrected chi connectivity index (χ4v) is 4.31. The predicted molar refractivity (Wildman–Crippen MR) is 55.3 cm³/mol. The second-order valence-corrected chi connectivity index (χ2v) is 7.00. The third-order valence-corrected chi connectivity index (χ3v) is 5.73. The van der Waals surface area contributed by atoms with Crippen LogP contribution in [0.1, 0.15) is 26.7 Å². The van der Waals surface area contributed by atoms with E-state index in [0.717, 1.165) is 12.8 Å². The molecule has 0 radical (unpaired) electrons. The van der Waals surface area contributed by atoms with Crippen LogP contribution in [0.25, 0.3) is 0 Å². The summed E-state index contributed by atoms with van der Waals surface area (Å²) in [5, 5.41) is 0. The molecule has 0 amide bonds. The lowest BCUT2D eigenvalue weighted by Gasteiger charge is -2.53. The molecule has 0 spiro atoms. The maximum Gasteiger partial charge on any atom is 0.214 e. The Morgan fingerprint density at radius 2 is 2.07 bits per heavy atom. The summed E-state index contributed by atoms with van der Waals surface area (Å²) < 4.78 is 25.0. The van der Waals surface area contributed by atoms with Gasteiger partial charge in [0.05, 0.1) is 5.75 Å². The van der Waals surface area contributed by atoms with E-state index in [0.29, 0.717) is 12.3 Å². The SMILES string of the molecule is CC1(C)C(N)CC1N1CCCS1(=O)=O. The molecule has 2 aliphatic rings. The minimum absolute atomic E-state index is 0.0581. The molecule has 1 saturated carbocycles. The quantitative estimate of drug-likeness (QED) is 0.681. The molecule has 2 fully saturated rings. The van der Waals surface area contributed by atoms with E-state index in [2.05, 4.69) is 13.8 Å². The summed E-state index contributed by atoms with van der Waals surface area (Å²) in [6, 6.07) is 0.272. The first-order chi connectivity index (χ1) is 6.36. The van der Waals surface area contributed by atoms with Gasteiger partial charge < -0.3 is 5.73 Å². The third-order valence-electron chi connectivity index (χ3n) is 3.78. The second kappa shape index (κ2) is 2.93. The zero-order chi connectivity index (χ0) is 10.6. The monoisotopic (exact) mass is 218 g/mol. The molecule has 1 aliphatic carbocycles. The summed E-state index contributed by atoms with van der Waals surface area (Å²) in [6.07, 6.45) is 1.58. The van der Waals surface area contributed by atoms with Gasteiger partial charge >= 0.3 is 0 Å². The van der Waals surface area contributed by atoms with Gasteiger partial charge in [0.15, 0.2) is 0 Å². The Labute approximate surface area is 85.5 Å². The number of hydrogen-bond donors (Lipinski definition) is 1. The normalized spacial score (nSPS) is 40.8. The first-order valence-corrected chi connectivity index (χ1v) is 6.72. The van der Waals surface area contributed by atoms with Crippen LogP contribution < -0.4 is 5.73 Å². The molecule has 2 unspecified atom stereocenters. The van der Waals surface area contributed by atoms with E-state index in [1.54, 1.807) is 4.31 Å². The summed E-state index contributed by atoms with van der Waals surface area (Å²) in [6.45, 7) is 4.79. The Morgan fingerprint density at radius 1 is 1.43 bits per heavy atom. The highest BCUT2D eigenvalue weighted by Crippen LogP contribution is 2.44. The van der Waals surface area contributed by atoms with Crippen molar-refractivity contribution in [3.05, 3.63) is 0 Å². The lowest BCUT2D eigenvalue weighted by atomic mass is 9.63. The van der Waals surface area contributed by atoms with Gasteiger partial charge in [-0.05, 0) is 18.3 Å². The van der Waals surface area contributed by atoms with Crippen molar-refractivity contribution in [3.63, 3.8) is 0 Å². The van der Waals surface area contributed by atoms with Crippen molar-refractivity contribution in [3.8, 4) is 0 Å². The topological polar surface area (TPSA) is 63.4 Å². The van der Waals surface area contributed by atoms with Crippen LogP contribution in [0.4, 0.5) is 0 Å². The van der Waals surface area contributed by atoms with Crippen molar-refractivity contribution >= 4 is 10.0 Å². The van der Waals surface area contributed by atoms with E-state index in [1.165, 1.54) is 0 Å². The van der Waals surface area contributed by atoms with E-state index in [1.807, 2.05) is 0 Å². The van der Waals surface area contributed by atoms with E-state index in [9.17, 15) is 8.42 Å². The average Bonchev–Trinajstić information content (AvgIpc) is 2.41. The van der Waals surface area contributed by atoms with Crippen LogP contribution in [0.5, 0.6) is 0 Å². The third kappa shape index (κ3) is 1.30. The molecule has 82 valence electrons. The van der Waals surface area contributed by atoms with Crippen LogP contribution in [0.3, 0.4) is 0 Å². The van der Waals surface area contributed by atoms with Crippen LogP contribution in [0, 0.1) is 5.41 Å². The van der Waals surface area contributed by atoms with Gasteiger partial charge in [-0.25, -0.2) is 8.42 Å². The van der Waals surface area contributed by atoms with Gasteiger partial charge in [-0.1, -0.05) is 13.8 Å². The van der Waals surface area contributed by atoms with Crippen molar-refractivity contribution in [2.24, 2.45) is 11.1 Å². The Bertz CT molecular complexity index is 337. The van der Waals surface area contributed by atoms with Gasteiger partial charge in [-0.3, -0.25) is 0 Å². The lowest BCUT2D eigenvalue weighted by Crippen LogP contribution is -2.64. The Morgan fingerprint density at radius 3 is 2.43 bits per heavy atom. The maximum absolute atomic E-state index is 11.7. The second-order valence-electron chi connectivity index (χ2n) is 4.96. The van der Waals surface area contributed by atoms with Gasteiger partial charge in [0.2, 0.25) is 10.0 Å². The molecule has 1 aliphatic heterocycles. The minimum Gasteiger partial charge on any atom is -0.327 e. The fraction of sp³-hybridized carbons (Fsp3) is 1.00. The van der Waals surface area contributed by atoms with Gasteiger partial charge in [-0.15, -0.1) is 0 Å². The van der Waals surface area contributed by atoms with Crippen molar-refractivity contribution in [1.29, 1.82) is 0 Å². The summed E-state index contributed by atoms with van der Waals surface area (Å²) in [5.74, 6) is 0.314. The van der Waals surface area contributed by atoms with Crippen LogP contribution in [0.15, 0.2) is 0 Å². The largest absolute Gasteiger partial charge is 0.327 e. The van der Waals surface area contributed by atoms with Crippen molar-refractivity contribution in [2.45, 2.75) is 38.8 Å². The van der Waals surface area contributed by atoms with Crippen LogP contribution >= 0.6 is 0 Å². The molecule has 1 heterocycles. The highest BCUT2D eigenvalue weighted by Gasteiger charge is 2.52. The molecule has 14 heavy (non-hydrogen) atoms. The minimum atomic E-state index is -2.96. The lowest BCUT2D eigenvalue weighted by molar-refractivity contribution is 0.0259. The smallest absolute Gasteiger partial charge is 0.214 e. The molecule has 4 nitrogen and oxygen atoms in total. The zero-order valence-electron chi connectivity index (χ0n) is 8.73. The predicted octanol–water partition coefficient (Wildman–Crippen LogP) is 0.148. The molecule has 2 atom stereocenters. The molecule has 1 saturated heterocycles. The average molecular weight is 218 g/mol. The molecule has 0 aromatic heterocycles. The number of sulfonamides is 1. The van der Waals surface area contributed by atoms with Crippen LogP contribution in [0.2, 0.25) is 0 Å². The molecule has 0 aromatic carbocycles. The van der Waals surface area contributed by atoms with Crippen LogP contribution in [-0.2, 0) is 10.0 Å². The van der Waals surface area contributed by atoms with Crippen LogP contribution in [-0.4, -0.2) is 37.1 Å². The molecular formula is C9H18N2O2S. The van der Waals surface area contributed by atoms with Gasteiger partial charge in [0.25, 0.3) is 0 Å². The molecule has 0 bridgehead atoms. The number of nitrogens with zero attached hydrogens (tertiary/aromatic N) is 1. The van der Waals surface area contributed by atoms with Gasteiger partial charge in [0.1, 0.15) is 0 Å². The number of rotatable bonds is 1. The molecule has 5 heteroatoms. The summed E-state index contributed by atoms with van der Waals surface area (Å²) >= 11 is 0. The van der Waals surface area contributed by atoms with Crippen molar-refractivity contribution in [2.75, 3.05) is 12.3 Å². The molecule has 2 N–H and O–H groups in total. The first-order valence-electron chi connectivity index (χ1n) is 5.11. The number of hydrogen-bond acceptors (Lipinski definition) is 3. The van der Waals surface area contributed by atoms with E-state index < -0.39 is 10.0 Å². The number of nitrogens with two attached hydrogens (primary N) is 1. The molecule has 2 rings (SSSR count). The summed E-state index contributed by atoms with van der Waals surface area (Å²) in [7, 11) is -2.96. The highest BCUT2D eigenvalue weighted by atomic mass is 32.2. The molecular weight excluding hydrogens is 200 g/mol. The standard InChI is InChI=1S/C9H18N2O2S/c1-9(2)7(10)6-8(9)11-4-3-5-14(11,12)13/h7-8H,3-6,10H2,1-2H3. The Balaban J connectivity index is 2.19. The van der Waals surface area contributed by atoms with E-state index in [-0.39, 0.29) is 17.5 Å². The summed E-state index contributed by atoms with van der Waals surface area (Å²) in [4.78, 5) is 0. The van der Waals surface area contributed by atoms with Crippen molar-refractivity contribution in [1.82, 2.24) is 4.31 Å². The fourth-order valence-electron chi connectivity index (χ4n) is 2.43. The Kier molecular flexibility index (Phi) is 2.18. The highest BCUT2D eigenvalue weighted by molar-refractivity contribution is 7.89. The molecule has 0 aromatic rings. The van der Waals surface area contributed by atoms with E-state index >= 15 is 0 Å². The van der Waals surface area contributed by atoms with Gasteiger partial charge in [-0.2, -0.15) is 4.31 Å². The Hall–Kier alpha value is -0.130.